The van der Waals surface area contributed by atoms with Gasteiger partial charge in [0.25, 0.3) is 0 Å². The molecule has 2 fully saturated rings. The number of nitrogens with zero attached hydrogens (tertiary/aromatic N) is 2. The van der Waals surface area contributed by atoms with E-state index in [-0.39, 0.29) is 5.54 Å². The summed E-state index contributed by atoms with van der Waals surface area (Å²) in [5, 5.41) is 3.57. The Labute approximate surface area is 119 Å². The van der Waals surface area contributed by atoms with Crippen molar-refractivity contribution >= 4 is 0 Å². The van der Waals surface area contributed by atoms with Crippen LogP contribution in [-0.4, -0.2) is 60.6 Å². The van der Waals surface area contributed by atoms with Crippen LogP contribution >= 0.6 is 0 Å². The molecule has 1 atom stereocenters. The molecule has 1 unspecified atom stereocenters. The summed E-state index contributed by atoms with van der Waals surface area (Å²) in [4.78, 5) is 5.40. The average molecular weight is 267 g/mol. The Bertz CT molecular complexity index is 253. The molecule has 0 aromatic carbocycles. The minimum Gasteiger partial charge on any atom is -0.312 e. The fraction of sp³-hybridized carbons (Fsp3) is 1.00. The highest BCUT2D eigenvalue weighted by atomic mass is 15.3. The van der Waals surface area contributed by atoms with Crippen molar-refractivity contribution < 1.29 is 0 Å². The Kier molecular flexibility index (Phi) is 5.67. The van der Waals surface area contributed by atoms with E-state index in [1.54, 1.807) is 0 Å². The van der Waals surface area contributed by atoms with Gasteiger partial charge >= 0.3 is 0 Å². The van der Waals surface area contributed by atoms with Crippen molar-refractivity contribution in [3.05, 3.63) is 0 Å². The summed E-state index contributed by atoms with van der Waals surface area (Å²) in [6.07, 6.45) is 6.90. The highest BCUT2D eigenvalue weighted by Crippen LogP contribution is 2.20. The molecule has 2 saturated heterocycles. The highest BCUT2D eigenvalue weighted by molar-refractivity contribution is 4.85. The van der Waals surface area contributed by atoms with Gasteiger partial charge in [-0.25, -0.2) is 0 Å². The van der Waals surface area contributed by atoms with Crippen LogP contribution in [0.5, 0.6) is 0 Å². The van der Waals surface area contributed by atoms with Crippen LogP contribution < -0.4 is 5.32 Å². The Balaban J connectivity index is 1.53. The zero-order valence-electron chi connectivity index (χ0n) is 13.2. The molecule has 0 spiro atoms. The molecule has 3 heteroatoms. The summed E-state index contributed by atoms with van der Waals surface area (Å²) in [6.45, 7) is 14.6. The topological polar surface area (TPSA) is 18.5 Å². The van der Waals surface area contributed by atoms with Crippen LogP contribution in [0.1, 0.15) is 52.9 Å². The van der Waals surface area contributed by atoms with E-state index in [4.69, 9.17) is 0 Å². The molecule has 0 aromatic heterocycles. The van der Waals surface area contributed by atoms with Crippen molar-refractivity contribution in [2.75, 3.05) is 39.3 Å². The van der Waals surface area contributed by atoms with E-state index in [0.29, 0.717) is 0 Å². The Morgan fingerprint density at radius 1 is 1.05 bits per heavy atom. The summed E-state index contributed by atoms with van der Waals surface area (Å²) in [5.41, 5.74) is 0.272. The van der Waals surface area contributed by atoms with E-state index in [9.17, 15) is 0 Å². The SMILES string of the molecule is CC(C)(C)NCCCCN1CCC(N2CCCC2)C1. The van der Waals surface area contributed by atoms with Crippen molar-refractivity contribution in [1.29, 1.82) is 0 Å². The van der Waals surface area contributed by atoms with Crippen molar-refractivity contribution in [3.8, 4) is 0 Å². The number of rotatable bonds is 6. The first-order chi connectivity index (χ1) is 9.04. The molecule has 1 N–H and O–H groups in total. The molecule has 2 rings (SSSR count). The van der Waals surface area contributed by atoms with Gasteiger partial charge in [0.05, 0.1) is 0 Å². The van der Waals surface area contributed by atoms with E-state index in [0.717, 1.165) is 12.6 Å². The first-order valence-corrected chi connectivity index (χ1v) is 8.26. The standard InChI is InChI=1S/C16H33N3/c1-16(2,3)17-9-4-5-10-18-13-8-15(14-18)19-11-6-7-12-19/h15,17H,4-14H2,1-3H3. The van der Waals surface area contributed by atoms with Gasteiger partial charge in [-0.2, -0.15) is 0 Å². The normalized spacial score (nSPS) is 26.4. The molecule has 19 heavy (non-hydrogen) atoms. The third-order valence-electron chi connectivity index (χ3n) is 4.46. The summed E-state index contributed by atoms with van der Waals surface area (Å²) < 4.78 is 0. The maximum absolute atomic E-state index is 3.57. The second kappa shape index (κ2) is 7.05. The van der Waals surface area contributed by atoms with Gasteiger partial charge in [-0.1, -0.05) is 0 Å². The minimum atomic E-state index is 0.272. The monoisotopic (exact) mass is 267 g/mol. The lowest BCUT2D eigenvalue weighted by molar-refractivity contribution is 0.230. The third kappa shape index (κ3) is 5.41. The summed E-state index contributed by atoms with van der Waals surface area (Å²) in [5.74, 6) is 0. The molecule has 0 radical (unpaired) electrons. The van der Waals surface area contributed by atoms with Gasteiger partial charge in [0.15, 0.2) is 0 Å². The van der Waals surface area contributed by atoms with Crippen molar-refractivity contribution in [2.45, 2.75) is 64.5 Å². The van der Waals surface area contributed by atoms with Gasteiger partial charge in [0.2, 0.25) is 0 Å². The molecule has 0 amide bonds. The maximum Gasteiger partial charge on any atom is 0.0235 e. The first-order valence-electron chi connectivity index (χ1n) is 8.26. The summed E-state index contributed by atoms with van der Waals surface area (Å²) >= 11 is 0. The molecule has 112 valence electrons. The maximum atomic E-state index is 3.57. The van der Waals surface area contributed by atoms with E-state index in [1.807, 2.05) is 0 Å². The highest BCUT2D eigenvalue weighted by Gasteiger charge is 2.28. The van der Waals surface area contributed by atoms with E-state index < -0.39 is 0 Å². The van der Waals surface area contributed by atoms with Gasteiger partial charge in [-0.05, 0) is 85.6 Å². The van der Waals surface area contributed by atoms with Crippen LogP contribution in [0.25, 0.3) is 0 Å². The Hall–Kier alpha value is -0.120. The molecule has 0 aliphatic carbocycles. The lowest BCUT2D eigenvalue weighted by Crippen LogP contribution is -2.37. The predicted molar refractivity (Wildman–Crippen MR) is 82.6 cm³/mol. The smallest absolute Gasteiger partial charge is 0.0235 e. The predicted octanol–water partition coefficient (Wildman–Crippen LogP) is 2.32. The van der Waals surface area contributed by atoms with Gasteiger partial charge in [0, 0.05) is 18.1 Å². The molecule has 0 saturated carbocycles. The molecule has 3 nitrogen and oxygen atoms in total. The summed E-state index contributed by atoms with van der Waals surface area (Å²) in [7, 11) is 0. The lowest BCUT2D eigenvalue weighted by atomic mass is 10.1. The lowest BCUT2D eigenvalue weighted by Gasteiger charge is -2.24. The van der Waals surface area contributed by atoms with E-state index >= 15 is 0 Å². The van der Waals surface area contributed by atoms with Gasteiger partial charge < -0.3 is 10.2 Å². The van der Waals surface area contributed by atoms with Gasteiger partial charge in [0.1, 0.15) is 0 Å². The van der Waals surface area contributed by atoms with Crippen LogP contribution in [0.3, 0.4) is 0 Å². The van der Waals surface area contributed by atoms with Crippen LogP contribution in [-0.2, 0) is 0 Å². The van der Waals surface area contributed by atoms with E-state index in [1.165, 1.54) is 64.8 Å². The summed E-state index contributed by atoms with van der Waals surface area (Å²) in [6, 6.07) is 0.871. The van der Waals surface area contributed by atoms with Crippen LogP contribution in [0, 0.1) is 0 Å². The molecule has 0 aromatic rings. The zero-order valence-corrected chi connectivity index (χ0v) is 13.2. The van der Waals surface area contributed by atoms with Crippen molar-refractivity contribution in [2.24, 2.45) is 0 Å². The molecule has 2 heterocycles. The van der Waals surface area contributed by atoms with Gasteiger partial charge in [-0.3, -0.25) is 4.90 Å². The number of nitrogens with one attached hydrogen (secondary N) is 1. The number of unbranched alkanes of at least 4 members (excludes halogenated alkanes) is 1. The van der Waals surface area contributed by atoms with Crippen LogP contribution in [0.4, 0.5) is 0 Å². The average Bonchev–Trinajstić information content (AvgIpc) is 2.97. The molecular weight excluding hydrogens is 234 g/mol. The minimum absolute atomic E-state index is 0.272. The van der Waals surface area contributed by atoms with Gasteiger partial charge in [-0.15, -0.1) is 0 Å². The van der Waals surface area contributed by atoms with Crippen molar-refractivity contribution in [3.63, 3.8) is 0 Å². The number of hydrogen-bond acceptors (Lipinski definition) is 3. The molecule has 0 bridgehead atoms. The fourth-order valence-electron chi connectivity index (χ4n) is 3.34. The number of hydrogen-bond donors (Lipinski definition) is 1. The Morgan fingerprint density at radius 2 is 1.79 bits per heavy atom. The van der Waals surface area contributed by atoms with E-state index in [2.05, 4.69) is 35.9 Å². The quantitative estimate of drug-likeness (QED) is 0.745. The fourth-order valence-corrected chi connectivity index (χ4v) is 3.34. The van der Waals surface area contributed by atoms with Crippen LogP contribution in [0.15, 0.2) is 0 Å². The second-order valence-corrected chi connectivity index (χ2v) is 7.37. The largest absolute Gasteiger partial charge is 0.312 e. The zero-order chi connectivity index (χ0) is 13.7. The first kappa shape index (κ1) is 15.3. The van der Waals surface area contributed by atoms with Crippen LogP contribution in [0.2, 0.25) is 0 Å². The second-order valence-electron chi connectivity index (χ2n) is 7.37. The molecule has 2 aliphatic rings. The molecular formula is C16H33N3. The third-order valence-corrected chi connectivity index (χ3v) is 4.46. The Morgan fingerprint density at radius 3 is 2.47 bits per heavy atom. The molecule has 2 aliphatic heterocycles. The van der Waals surface area contributed by atoms with Crippen molar-refractivity contribution in [1.82, 2.24) is 15.1 Å². The number of likely N-dealkylation sites (tertiary alicyclic amines) is 2.